The Balaban J connectivity index is 1.89. The zero-order valence-electron chi connectivity index (χ0n) is 13.6. The molecule has 0 saturated heterocycles. The van der Waals surface area contributed by atoms with Crippen LogP contribution in [0.25, 0.3) is 11.1 Å². The number of fused-ring (bicyclic) bond motifs is 1. The van der Waals surface area contributed by atoms with E-state index in [1.807, 2.05) is 42.5 Å². The lowest BCUT2D eigenvalue weighted by atomic mass is 9.95. The first-order chi connectivity index (χ1) is 11.9. The van der Waals surface area contributed by atoms with Gasteiger partial charge in [0.2, 0.25) is 5.91 Å². The van der Waals surface area contributed by atoms with Gasteiger partial charge >= 0.3 is 5.97 Å². The third kappa shape index (κ3) is 3.52. The summed E-state index contributed by atoms with van der Waals surface area (Å²) in [6.07, 6.45) is 0.645. The second kappa shape index (κ2) is 6.86. The number of carboxylic acids is 1. The Kier molecular flexibility index (Phi) is 4.79. The average Bonchev–Trinajstić information content (AvgIpc) is 2.94. The number of benzene rings is 2. The van der Waals surface area contributed by atoms with Gasteiger partial charge in [-0.05, 0) is 34.4 Å². The van der Waals surface area contributed by atoms with Crippen LogP contribution in [0, 0.1) is 0 Å². The van der Waals surface area contributed by atoms with Gasteiger partial charge in [0.1, 0.15) is 5.54 Å². The summed E-state index contributed by atoms with van der Waals surface area (Å²) in [5, 5.41) is 13.0. The average molecular weight is 359 g/mol. The van der Waals surface area contributed by atoms with E-state index in [1.54, 1.807) is 0 Å². The SMILES string of the molecule is NCCC(=O)NC1(C(=O)O)Cc2ccc(-c3ccc(Cl)cc3)cc2C1. The van der Waals surface area contributed by atoms with Crippen LogP contribution in [-0.2, 0) is 22.4 Å². The molecule has 130 valence electrons. The van der Waals surface area contributed by atoms with Gasteiger partial charge in [-0.2, -0.15) is 0 Å². The molecule has 1 amide bonds. The molecular weight excluding hydrogens is 340 g/mol. The normalized spacial score (nSPS) is 18.6. The summed E-state index contributed by atoms with van der Waals surface area (Å²) in [6.45, 7) is 0.190. The van der Waals surface area contributed by atoms with Crippen molar-refractivity contribution in [1.82, 2.24) is 5.32 Å². The third-order valence-corrected chi connectivity index (χ3v) is 4.78. The van der Waals surface area contributed by atoms with E-state index in [0.717, 1.165) is 22.3 Å². The molecule has 6 heteroatoms. The van der Waals surface area contributed by atoms with E-state index >= 15 is 0 Å². The highest BCUT2D eigenvalue weighted by Gasteiger charge is 2.45. The van der Waals surface area contributed by atoms with Gasteiger partial charge in [-0.1, -0.05) is 41.9 Å². The Hall–Kier alpha value is -2.37. The van der Waals surface area contributed by atoms with Crippen LogP contribution in [0.3, 0.4) is 0 Å². The van der Waals surface area contributed by atoms with Crippen molar-refractivity contribution in [3.8, 4) is 11.1 Å². The predicted octanol–water partition coefficient (Wildman–Crippen LogP) is 2.39. The fraction of sp³-hybridized carbons (Fsp3) is 0.263. The molecule has 0 saturated carbocycles. The van der Waals surface area contributed by atoms with E-state index in [2.05, 4.69) is 5.32 Å². The van der Waals surface area contributed by atoms with Crippen molar-refractivity contribution in [1.29, 1.82) is 0 Å². The number of nitrogens with one attached hydrogen (secondary N) is 1. The molecule has 0 aromatic heterocycles. The minimum atomic E-state index is -1.30. The van der Waals surface area contributed by atoms with Gasteiger partial charge in [-0.3, -0.25) is 4.79 Å². The Morgan fingerprint density at radius 1 is 1.08 bits per heavy atom. The number of nitrogens with two attached hydrogens (primary N) is 1. The van der Waals surface area contributed by atoms with Crippen LogP contribution in [0.15, 0.2) is 42.5 Å². The maximum atomic E-state index is 11.9. The van der Waals surface area contributed by atoms with Crippen molar-refractivity contribution < 1.29 is 14.7 Å². The summed E-state index contributed by atoms with van der Waals surface area (Å²) < 4.78 is 0. The fourth-order valence-corrected chi connectivity index (χ4v) is 3.38. The van der Waals surface area contributed by atoms with Gasteiger partial charge in [0.15, 0.2) is 0 Å². The van der Waals surface area contributed by atoms with E-state index in [1.165, 1.54) is 0 Å². The summed E-state index contributed by atoms with van der Waals surface area (Å²) >= 11 is 5.92. The molecule has 1 unspecified atom stereocenters. The number of carbonyl (C=O) groups is 2. The van der Waals surface area contributed by atoms with E-state index in [0.29, 0.717) is 5.02 Å². The summed E-state index contributed by atoms with van der Waals surface area (Å²) in [4.78, 5) is 23.8. The predicted molar refractivity (Wildman–Crippen MR) is 96.5 cm³/mol. The standard InChI is InChI=1S/C19H19ClN2O3/c20-16-5-3-12(4-6-16)13-1-2-14-10-19(18(24)25,11-15(14)9-13)22-17(23)7-8-21/h1-6,9H,7-8,10-11,21H2,(H,22,23)(H,24,25). The molecule has 1 atom stereocenters. The zero-order chi connectivity index (χ0) is 18.0. The van der Waals surface area contributed by atoms with Gasteiger partial charge in [-0.25, -0.2) is 4.79 Å². The second-order valence-corrected chi connectivity index (χ2v) is 6.75. The van der Waals surface area contributed by atoms with Crippen LogP contribution in [0.4, 0.5) is 0 Å². The lowest BCUT2D eigenvalue weighted by molar-refractivity contribution is -0.147. The number of carbonyl (C=O) groups excluding carboxylic acids is 1. The largest absolute Gasteiger partial charge is 0.479 e. The minimum absolute atomic E-state index is 0.112. The minimum Gasteiger partial charge on any atom is -0.479 e. The summed E-state index contributed by atoms with van der Waals surface area (Å²) in [7, 11) is 0. The van der Waals surface area contributed by atoms with E-state index in [4.69, 9.17) is 17.3 Å². The van der Waals surface area contributed by atoms with E-state index in [-0.39, 0.29) is 31.7 Å². The molecule has 2 aromatic carbocycles. The van der Waals surface area contributed by atoms with E-state index < -0.39 is 11.5 Å². The van der Waals surface area contributed by atoms with Crippen LogP contribution in [0.2, 0.25) is 5.02 Å². The lowest BCUT2D eigenvalue weighted by Gasteiger charge is -2.25. The van der Waals surface area contributed by atoms with Crippen LogP contribution in [0.1, 0.15) is 17.5 Å². The molecular formula is C19H19ClN2O3. The molecule has 1 aliphatic carbocycles. The Morgan fingerprint density at radius 2 is 1.72 bits per heavy atom. The highest BCUT2D eigenvalue weighted by Crippen LogP contribution is 2.34. The third-order valence-electron chi connectivity index (χ3n) is 4.53. The van der Waals surface area contributed by atoms with Crippen molar-refractivity contribution in [2.75, 3.05) is 6.54 Å². The highest BCUT2D eigenvalue weighted by molar-refractivity contribution is 6.30. The highest BCUT2D eigenvalue weighted by atomic mass is 35.5. The van der Waals surface area contributed by atoms with Crippen molar-refractivity contribution >= 4 is 23.5 Å². The molecule has 3 rings (SSSR count). The molecule has 25 heavy (non-hydrogen) atoms. The Labute approximate surface area is 150 Å². The molecule has 0 heterocycles. The molecule has 2 aromatic rings. The van der Waals surface area contributed by atoms with Crippen molar-refractivity contribution in [2.45, 2.75) is 24.8 Å². The molecule has 1 aliphatic rings. The number of halogens is 1. The molecule has 5 nitrogen and oxygen atoms in total. The van der Waals surface area contributed by atoms with Crippen molar-refractivity contribution in [2.24, 2.45) is 5.73 Å². The number of hydrogen-bond acceptors (Lipinski definition) is 3. The van der Waals surface area contributed by atoms with Crippen molar-refractivity contribution in [3.05, 3.63) is 58.6 Å². The maximum absolute atomic E-state index is 11.9. The van der Waals surface area contributed by atoms with Gasteiger partial charge in [0.25, 0.3) is 0 Å². The molecule has 0 aliphatic heterocycles. The first-order valence-electron chi connectivity index (χ1n) is 8.06. The van der Waals surface area contributed by atoms with Crippen LogP contribution in [0.5, 0.6) is 0 Å². The molecule has 4 N–H and O–H groups in total. The number of amides is 1. The van der Waals surface area contributed by atoms with Crippen LogP contribution in [-0.4, -0.2) is 29.1 Å². The van der Waals surface area contributed by atoms with Crippen LogP contribution < -0.4 is 11.1 Å². The molecule has 0 bridgehead atoms. The van der Waals surface area contributed by atoms with E-state index in [9.17, 15) is 14.7 Å². The van der Waals surface area contributed by atoms with Gasteiger partial charge < -0.3 is 16.2 Å². The number of aliphatic carboxylic acids is 1. The maximum Gasteiger partial charge on any atom is 0.330 e. The van der Waals surface area contributed by atoms with Crippen LogP contribution >= 0.6 is 11.6 Å². The molecule has 0 radical (unpaired) electrons. The van der Waals surface area contributed by atoms with Gasteiger partial charge in [0.05, 0.1) is 0 Å². The first-order valence-corrected chi connectivity index (χ1v) is 8.43. The monoisotopic (exact) mass is 358 g/mol. The first kappa shape index (κ1) is 17.5. The van der Waals surface area contributed by atoms with Gasteiger partial charge in [-0.15, -0.1) is 0 Å². The molecule has 0 fully saturated rings. The smallest absolute Gasteiger partial charge is 0.330 e. The summed E-state index contributed by atoms with van der Waals surface area (Å²) in [6, 6.07) is 13.4. The molecule has 0 spiro atoms. The van der Waals surface area contributed by atoms with Gasteiger partial charge in [0, 0.05) is 30.8 Å². The number of rotatable bonds is 5. The summed E-state index contributed by atoms with van der Waals surface area (Å²) in [5.74, 6) is -1.36. The quantitative estimate of drug-likeness (QED) is 0.765. The second-order valence-electron chi connectivity index (χ2n) is 6.32. The number of carboxylic acid groups (broad SMARTS) is 1. The number of hydrogen-bond donors (Lipinski definition) is 3. The lowest BCUT2D eigenvalue weighted by Crippen LogP contribution is -2.55. The Morgan fingerprint density at radius 3 is 2.36 bits per heavy atom. The fourth-order valence-electron chi connectivity index (χ4n) is 3.25. The summed E-state index contributed by atoms with van der Waals surface area (Å²) in [5.41, 5.74) is 7.95. The van der Waals surface area contributed by atoms with Crippen molar-refractivity contribution in [3.63, 3.8) is 0 Å². The Bertz CT molecular complexity index is 820. The topological polar surface area (TPSA) is 92.4 Å². The zero-order valence-corrected chi connectivity index (χ0v) is 14.3.